The molecule has 0 spiro atoms. The van der Waals surface area contributed by atoms with E-state index in [1.807, 2.05) is 12.1 Å². The molecule has 1 heterocycles. The average molecular weight is 320 g/mol. The summed E-state index contributed by atoms with van der Waals surface area (Å²) >= 11 is 0. The second-order valence-corrected chi connectivity index (χ2v) is 5.97. The highest BCUT2D eigenvalue weighted by Gasteiger charge is 2.38. The largest absolute Gasteiger partial charge is 0.497 e. The maximum atomic E-state index is 12.6. The number of hydrogen-bond acceptors (Lipinski definition) is 4. The average Bonchev–Trinajstić information content (AvgIpc) is 2.85. The van der Waals surface area contributed by atoms with Gasteiger partial charge < -0.3 is 24.1 Å². The van der Waals surface area contributed by atoms with Gasteiger partial charge in [0.2, 0.25) is 0 Å². The number of carbonyl (C=O) groups excluding carboxylic acids is 2. The zero-order valence-corrected chi connectivity index (χ0v) is 14.1. The van der Waals surface area contributed by atoms with Crippen molar-refractivity contribution in [3.63, 3.8) is 0 Å². The van der Waals surface area contributed by atoms with Gasteiger partial charge in [0.1, 0.15) is 17.8 Å². The van der Waals surface area contributed by atoms with Crippen LogP contribution in [0.25, 0.3) is 0 Å². The maximum Gasteiger partial charge on any atom is 0.321 e. The van der Waals surface area contributed by atoms with Crippen molar-refractivity contribution < 1.29 is 19.1 Å². The number of hydrogen-bond donors (Lipinski definition) is 0. The third-order valence-electron chi connectivity index (χ3n) is 4.22. The van der Waals surface area contributed by atoms with Crippen molar-refractivity contribution in [3.05, 3.63) is 23.8 Å². The Kier molecular flexibility index (Phi) is 5.47. The highest BCUT2D eigenvalue weighted by Crippen LogP contribution is 2.29. The summed E-state index contributed by atoms with van der Waals surface area (Å²) in [7, 11) is 3.20. The van der Waals surface area contributed by atoms with E-state index < -0.39 is 0 Å². The summed E-state index contributed by atoms with van der Waals surface area (Å²) in [5.41, 5.74) is 0.914. The van der Waals surface area contributed by atoms with E-state index in [-0.39, 0.29) is 18.6 Å². The Hall–Kier alpha value is -2.24. The third-order valence-corrected chi connectivity index (χ3v) is 4.22. The molecule has 0 radical (unpaired) electrons. The van der Waals surface area contributed by atoms with Crippen molar-refractivity contribution in [2.75, 3.05) is 27.3 Å². The van der Waals surface area contributed by atoms with Crippen molar-refractivity contribution in [1.29, 1.82) is 0 Å². The van der Waals surface area contributed by atoms with Gasteiger partial charge in [-0.25, -0.2) is 4.79 Å². The quantitative estimate of drug-likeness (QED) is 0.723. The van der Waals surface area contributed by atoms with Gasteiger partial charge in [0.15, 0.2) is 0 Å². The zero-order valence-electron chi connectivity index (χ0n) is 14.1. The van der Waals surface area contributed by atoms with Gasteiger partial charge in [0.25, 0.3) is 0 Å². The molecule has 1 aliphatic rings. The van der Waals surface area contributed by atoms with Crippen LogP contribution >= 0.6 is 0 Å². The Morgan fingerprint density at radius 2 is 2.04 bits per heavy atom. The summed E-state index contributed by atoms with van der Waals surface area (Å²) in [5.74, 6) is 1.69. The Labute approximate surface area is 137 Å². The van der Waals surface area contributed by atoms with Crippen molar-refractivity contribution in [1.82, 2.24) is 9.80 Å². The molecule has 0 N–H and O–H groups in total. The minimum absolute atomic E-state index is 0.0527. The van der Waals surface area contributed by atoms with Crippen LogP contribution < -0.4 is 9.47 Å². The first kappa shape index (κ1) is 17.1. The van der Waals surface area contributed by atoms with Crippen LogP contribution in [-0.4, -0.2) is 55.5 Å². The molecule has 126 valence electrons. The lowest BCUT2D eigenvalue weighted by Gasteiger charge is -2.23. The van der Waals surface area contributed by atoms with Crippen molar-refractivity contribution >= 4 is 12.3 Å². The van der Waals surface area contributed by atoms with Gasteiger partial charge in [-0.2, -0.15) is 0 Å². The first-order valence-electron chi connectivity index (χ1n) is 7.71. The van der Waals surface area contributed by atoms with Crippen LogP contribution in [0.1, 0.15) is 19.4 Å². The number of nitrogens with zero attached hydrogens (tertiary/aromatic N) is 2. The number of carbonyl (C=O) groups is 2. The van der Waals surface area contributed by atoms with Crippen LogP contribution in [0.2, 0.25) is 0 Å². The summed E-state index contributed by atoms with van der Waals surface area (Å²) in [6.45, 7) is 5.32. The molecule has 0 saturated carbocycles. The van der Waals surface area contributed by atoms with E-state index in [4.69, 9.17) is 9.47 Å². The topological polar surface area (TPSA) is 59.1 Å². The van der Waals surface area contributed by atoms with Gasteiger partial charge in [-0.05, 0) is 18.1 Å². The maximum absolute atomic E-state index is 12.6. The Morgan fingerprint density at radius 3 is 2.61 bits per heavy atom. The van der Waals surface area contributed by atoms with Crippen molar-refractivity contribution in [3.8, 4) is 11.5 Å². The SMILES string of the molecule is COc1ccc(CN2C[C@H](C(C)C)N(CC=O)C2=O)c(OC)c1. The van der Waals surface area contributed by atoms with Gasteiger partial charge >= 0.3 is 6.03 Å². The van der Waals surface area contributed by atoms with Gasteiger partial charge in [-0.1, -0.05) is 13.8 Å². The van der Waals surface area contributed by atoms with E-state index in [2.05, 4.69) is 13.8 Å². The molecule has 2 amide bonds. The highest BCUT2D eigenvalue weighted by atomic mass is 16.5. The first-order valence-corrected chi connectivity index (χ1v) is 7.71. The monoisotopic (exact) mass is 320 g/mol. The molecule has 1 aromatic rings. The molecule has 0 bridgehead atoms. The highest BCUT2D eigenvalue weighted by molar-refractivity contribution is 5.79. The number of rotatable bonds is 7. The van der Waals surface area contributed by atoms with Gasteiger partial charge in [0.05, 0.1) is 33.4 Å². The van der Waals surface area contributed by atoms with Gasteiger partial charge in [-0.15, -0.1) is 0 Å². The minimum Gasteiger partial charge on any atom is -0.497 e. The van der Waals surface area contributed by atoms with Crippen LogP contribution in [0.3, 0.4) is 0 Å². The number of urea groups is 1. The van der Waals surface area contributed by atoms with E-state index in [0.29, 0.717) is 30.5 Å². The predicted octanol–water partition coefficient (Wildman–Crippen LogP) is 2.16. The molecule has 0 aromatic heterocycles. The molecule has 0 aliphatic carbocycles. The predicted molar refractivity (Wildman–Crippen MR) is 86.7 cm³/mol. The molecular weight excluding hydrogens is 296 g/mol. The summed E-state index contributed by atoms with van der Waals surface area (Å²) in [6, 6.07) is 5.50. The summed E-state index contributed by atoms with van der Waals surface area (Å²) < 4.78 is 10.6. The Balaban J connectivity index is 2.20. The fraction of sp³-hybridized carbons (Fsp3) is 0.529. The molecule has 1 fully saturated rings. The van der Waals surface area contributed by atoms with Crippen LogP contribution in [0.15, 0.2) is 18.2 Å². The number of amides is 2. The lowest BCUT2D eigenvalue weighted by atomic mass is 10.0. The van der Waals surface area contributed by atoms with E-state index in [0.717, 1.165) is 11.8 Å². The smallest absolute Gasteiger partial charge is 0.321 e. The molecular formula is C17H24N2O4. The number of ether oxygens (including phenoxy) is 2. The normalized spacial score (nSPS) is 17.8. The third kappa shape index (κ3) is 3.57. The van der Waals surface area contributed by atoms with E-state index in [9.17, 15) is 9.59 Å². The standard InChI is InChI=1S/C17H24N2O4/c1-12(2)15-11-18(17(21)19(15)7-8-20)10-13-5-6-14(22-3)9-16(13)23-4/h5-6,8-9,12,15H,7,10-11H2,1-4H3/t15-/m1/s1. The van der Waals surface area contributed by atoms with Crippen molar-refractivity contribution in [2.45, 2.75) is 26.4 Å². The van der Waals surface area contributed by atoms with Gasteiger partial charge in [0, 0.05) is 18.2 Å². The van der Waals surface area contributed by atoms with Gasteiger partial charge in [-0.3, -0.25) is 0 Å². The molecule has 0 unspecified atom stereocenters. The number of methoxy groups -OCH3 is 2. The van der Waals surface area contributed by atoms with E-state index in [1.54, 1.807) is 30.1 Å². The first-order chi connectivity index (χ1) is 11.0. The second-order valence-electron chi connectivity index (χ2n) is 5.97. The zero-order chi connectivity index (χ0) is 17.0. The fourth-order valence-electron chi connectivity index (χ4n) is 2.91. The molecule has 6 heteroatoms. The molecule has 6 nitrogen and oxygen atoms in total. The summed E-state index contributed by atoms with van der Waals surface area (Å²) in [6.07, 6.45) is 0.782. The second kappa shape index (κ2) is 7.35. The van der Waals surface area contributed by atoms with Crippen LogP contribution in [-0.2, 0) is 11.3 Å². The molecule has 1 atom stereocenters. The molecule has 1 saturated heterocycles. The van der Waals surface area contributed by atoms with Crippen molar-refractivity contribution in [2.24, 2.45) is 5.92 Å². The van der Waals surface area contributed by atoms with E-state index >= 15 is 0 Å². The Morgan fingerprint density at radius 1 is 1.30 bits per heavy atom. The number of aldehydes is 1. The number of benzene rings is 1. The van der Waals surface area contributed by atoms with Crippen LogP contribution in [0.5, 0.6) is 11.5 Å². The summed E-state index contributed by atoms with van der Waals surface area (Å²) in [5, 5.41) is 0. The Bertz CT molecular complexity index is 574. The van der Waals surface area contributed by atoms with Crippen LogP contribution in [0.4, 0.5) is 4.79 Å². The molecule has 23 heavy (non-hydrogen) atoms. The molecule has 2 rings (SSSR count). The summed E-state index contributed by atoms with van der Waals surface area (Å²) in [4.78, 5) is 26.8. The molecule has 1 aromatic carbocycles. The minimum atomic E-state index is -0.103. The van der Waals surface area contributed by atoms with Crippen LogP contribution in [0, 0.1) is 5.92 Å². The fourth-order valence-corrected chi connectivity index (χ4v) is 2.91. The van der Waals surface area contributed by atoms with E-state index in [1.165, 1.54) is 0 Å². The molecule has 1 aliphatic heterocycles. The lowest BCUT2D eigenvalue weighted by molar-refractivity contribution is -0.108. The lowest BCUT2D eigenvalue weighted by Crippen LogP contribution is -2.38.